The summed E-state index contributed by atoms with van der Waals surface area (Å²) in [5.74, 6) is 1.47. The summed E-state index contributed by atoms with van der Waals surface area (Å²) in [6.45, 7) is 0. The number of rotatable bonds is 4. The fraction of sp³-hybridized carbons (Fsp3) is 0.125. The fourth-order valence-corrected chi connectivity index (χ4v) is 4.14. The molecule has 0 amide bonds. The Morgan fingerprint density at radius 3 is 2.71 bits per heavy atom. The smallest absolute Gasteiger partial charge is 0.264 e. The van der Waals surface area contributed by atoms with Crippen molar-refractivity contribution in [3.05, 3.63) is 82.8 Å². The van der Waals surface area contributed by atoms with Crippen molar-refractivity contribution >= 4 is 34.7 Å². The van der Waals surface area contributed by atoms with Gasteiger partial charge in [-0.1, -0.05) is 12.1 Å². The van der Waals surface area contributed by atoms with Crippen molar-refractivity contribution in [2.45, 2.75) is 5.50 Å². The van der Waals surface area contributed by atoms with Gasteiger partial charge in [-0.15, -0.1) is 11.8 Å². The Morgan fingerprint density at radius 2 is 1.94 bits per heavy atom. The Labute approximate surface area is 183 Å². The van der Waals surface area contributed by atoms with E-state index in [2.05, 4.69) is 15.3 Å². The molecule has 0 saturated carbocycles. The molecule has 0 spiro atoms. The molecular weight excluding hydrogens is 408 g/mol. The van der Waals surface area contributed by atoms with E-state index in [-0.39, 0.29) is 11.1 Å². The monoisotopic (exact) mass is 428 g/mol. The largest absolute Gasteiger partial charge is 0.497 e. The van der Waals surface area contributed by atoms with Crippen LogP contribution in [0.25, 0.3) is 27.7 Å². The van der Waals surface area contributed by atoms with E-state index < -0.39 is 0 Å². The number of pyridine rings is 2. The molecule has 0 saturated heterocycles. The third kappa shape index (κ3) is 3.47. The van der Waals surface area contributed by atoms with Crippen LogP contribution in [0, 0.1) is 0 Å². The summed E-state index contributed by atoms with van der Waals surface area (Å²) in [4.78, 5) is 22.7. The number of fused-ring (bicyclic) bond motifs is 2. The fourth-order valence-electron chi connectivity index (χ4n) is 3.73. The van der Waals surface area contributed by atoms with Gasteiger partial charge >= 0.3 is 0 Å². The molecule has 7 heteroatoms. The highest BCUT2D eigenvalue weighted by Gasteiger charge is 2.21. The molecule has 6 nitrogen and oxygen atoms in total. The van der Waals surface area contributed by atoms with E-state index in [0.29, 0.717) is 5.56 Å². The van der Waals surface area contributed by atoms with Gasteiger partial charge in [-0.3, -0.25) is 19.3 Å². The van der Waals surface area contributed by atoms with Crippen LogP contribution in [0.3, 0.4) is 0 Å². The van der Waals surface area contributed by atoms with Crippen LogP contribution >= 0.6 is 11.8 Å². The molecule has 2 aromatic heterocycles. The zero-order valence-corrected chi connectivity index (χ0v) is 17.9. The Bertz CT molecular complexity index is 1360. The number of anilines is 1. The van der Waals surface area contributed by atoms with Gasteiger partial charge in [0.05, 0.1) is 18.3 Å². The van der Waals surface area contributed by atoms with E-state index in [1.807, 2.05) is 73.1 Å². The zero-order chi connectivity index (χ0) is 21.4. The van der Waals surface area contributed by atoms with Crippen LogP contribution in [0.15, 0.2) is 76.6 Å². The molecule has 3 heterocycles. The average molecular weight is 429 g/mol. The number of thioether (sulfide) groups is 1. The van der Waals surface area contributed by atoms with Gasteiger partial charge in [-0.25, -0.2) is 0 Å². The predicted molar refractivity (Wildman–Crippen MR) is 128 cm³/mol. The van der Waals surface area contributed by atoms with Gasteiger partial charge in [-0.05, 0) is 60.4 Å². The number of nitrogens with one attached hydrogen (secondary N) is 1. The van der Waals surface area contributed by atoms with Crippen LogP contribution in [0.1, 0.15) is 5.56 Å². The molecule has 2 aromatic carbocycles. The van der Waals surface area contributed by atoms with E-state index in [9.17, 15) is 4.79 Å². The van der Waals surface area contributed by atoms with Gasteiger partial charge in [0.1, 0.15) is 11.6 Å². The van der Waals surface area contributed by atoms with Crippen LogP contribution in [0.4, 0.5) is 5.82 Å². The first-order chi connectivity index (χ1) is 15.2. The van der Waals surface area contributed by atoms with Crippen molar-refractivity contribution in [3.63, 3.8) is 0 Å². The predicted octanol–water partition coefficient (Wildman–Crippen LogP) is 4.55. The van der Waals surface area contributed by atoms with E-state index in [0.717, 1.165) is 39.3 Å². The number of methoxy groups -OCH3 is 1. The van der Waals surface area contributed by atoms with Crippen molar-refractivity contribution in [3.8, 4) is 22.6 Å². The van der Waals surface area contributed by atoms with Crippen LogP contribution in [-0.2, 0) is 0 Å². The summed E-state index contributed by atoms with van der Waals surface area (Å²) in [5.41, 5.74) is 3.72. The van der Waals surface area contributed by atoms with E-state index in [1.54, 1.807) is 29.6 Å². The summed E-state index contributed by atoms with van der Waals surface area (Å²) in [6, 6.07) is 19.2. The van der Waals surface area contributed by atoms with Crippen molar-refractivity contribution in [1.82, 2.24) is 9.55 Å². The van der Waals surface area contributed by atoms with E-state index in [1.165, 1.54) is 0 Å². The standard InChI is InChI=1S/C24H20N4O2S/c1-30-19-8-6-18(7-9-19)28-22-17(14-26-24(27-22)31-2)13-20(23(28)29)15-5-10-21-16(12-15)4-3-11-25-21/h3-14,24,27H,1-2H3. The molecule has 0 bridgehead atoms. The Balaban J connectivity index is 1.75. The number of hydrogen-bond donors (Lipinski definition) is 1. The summed E-state index contributed by atoms with van der Waals surface area (Å²) in [6.07, 6.45) is 5.58. The molecular formula is C24H20N4O2S. The SMILES string of the molecule is COc1ccc(-n2c3c(cc(-c4ccc5ncccc5c4)c2=O)C=NC(SC)N3)cc1. The van der Waals surface area contributed by atoms with Crippen molar-refractivity contribution < 1.29 is 4.74 Å². The average Bonchev–Trinajstić information content (AvgIpc) is 2.83. The zero-order valence-electron chi connectivity index (χ0n) is 17.1. The maximum atomic E-state index is 13.8. The van der Waals surface area contributed by atoms with Gasteiger partial charge in [0.25, 0.3) is 5.56 Å². The topological polar surface area (TPSA) is 68.5 Å². The third-order valence-corrected chi connectivity index (χ3v) is 5.99. The first-order valence-electron chi connectivity index (χ1n) is 9.80. The molecule has 0 fully saturated rings. The summed E-state index contributed by atoms with van der Waals surface area (Å²) in [7, 11) is 1.62. The Kier molecular flexibility index (Phi) is 4.95. The molecule has 1 unspecified atom stereocenters. The van der Waals surface area contributed by atoms with Gasteiger partial charge in [-0.2, -0.15) is 0 Å². The Morgan fingerprint density at radius 1 is 1.10 bits per heavy atom. The van der Waals surface area contributed by atoms with Crippen LogP contribution in [0.2, 0.25) is 0 Å². The summed E-state index contributed by atoms with van der Waals surface area (Å²) < 4.78 is 7.00. The number of nitrogens with zero attached hydrogens (tertiary/aromatic N) is 3. The third-order valence-electron chi connectivity index (χ3n) is 5.31. The minimum atomic E-state index is -0.144. The van der Waals surface area contributed by atoms with Gasteiger partial charge in [0, 0.05) is 28.9 Å². The molecule has 1 N–H and O–H groups in total. The molecule has 1 aliphatic rings. The van der Waals surface area contributed by atoms with E-state index in [4.69, 9.17) is 4.74 Å². The van der Waals surface area contributed by atoms with Gasteiger partial charge in [0.2, 0.25) is 0 Å². The normalized spacial score (nSPS) is 14.8. The number of aromatic nitrogens is 2. The maximum absolute atomic E-state index is 13.8. The summed E-state index contributed by atoms with van der Waals surface area (Å²) in [5, 5.41) is 4.37. The lowest BCUT2D eigenvalue weighted by molar-refractivity contribution is 0.414. The quantitative estimate of drug-likeness (QED) is 0.516. The highest BCUT2D eigenvalue weighted by atomic mass is 32.2. The second-order valence-corrected chi connectivity index (χ2v) is 8.04. The van der Waals surface area contributed by atoms with Crippen molar-refractivity contribution in [2.75, 3.05) is 18.7 Å². The molecule has 4 aromatic rings. The van der Waals surface area contributed by atoms with Crippen molar-refractivity contribution in [2.24, 2.45) is 4.99 Å². The number of hydrogen-bond acceptors (Lipinski definition) is 6. The number of ether oxygens (including phenoxy) is 1. The van der Waals surface area contributed by atoms with E-state index >= 15 is 0 Å². The molecule has 1 aliphatic heterocycles. The lowest BCUT2D eigenvalue weighted by Gasteiger charge is -2.25. The first kappa shape index (κ1) is 19.4. The molecule has 1 atom stereocenters. The highest BCUT2D eigenvalue weighted by Crippen LogP contribution is 2.30. The van der Waals surface area contributed by atoms with Crippen LogP contribution in [-0.4, -0.2) is 34.6 Å². The lowest BCUT2D eigenvalue weighted by Crippen LogP contribution is -2.29. The molecule has 5 rings (SSSR count). The molecule has 0 aliphatic carbocycles. The van der Waals surface area contributed by atoms with Crippen LogP contribution < -0.4 is 15.6 Å². The van der Waals surface area contributed by atoms with Gasteiger partial charge < -0.3 is 10.1 Å². The second-order valence-electron chi connectivity index (χ2n) is 7.12. The molecule has 0 radical (unpaired) electrons. The number of benzene rings is 2. The minimum absolute atomic E-state index is 0.102. The number of aliphatic imine (C=N–C) groups is 1. The second kappa shape index (κ2) is 7.92. The molecule has 31 heavy (non-hydrogen) atoms. The maximum Gasteiger partial charge on any atom is 0.264 e. The highest BCUT2D eigenvalue weighted by molar-refractivity contribution is 7.99. The van der Waals surface area contributed by atoms with Gasteiger partial charge in [0.15, 0.2) is 5.50 Å². The first-order valence-corrected chi connectivity index (χ1v) is 11.1. The van der Waals surface area contributed by atoms with Crippen LogP contribution in [0.5, 0.6) is 5.75 Å². The minimum Gasteiger partial charge on any atom is -0.497 e. The lowest BCUT2D eigenvalue weighted by atomic mass is 10.0. The summed E-state index contributed by atoms with van der Waals surface area (Å²) >= 11 is 1.58. The van der Waals surface area contributed by atoms with Crippen molar-refractivity contribution in [1.29, 1.82) is 0 Å². The Hall–Kier alpha value is -3.58. The molecule has 154 valence electrons.